The van der Waals surface area contributed by atoms with E-state index in [2.05, 4.69) is 20.3 Å². The lowest BCUT2D eigenvalue weighted by Gasteiger charge is -2.11. The summed E-state index contributed by atoms with van der Waals surface area (Å²) in [5, 5.41) is 22.0. The molecule has 5 rings (SSSR count). The van der Waals surface area contributed by atoms with Crippen molar-refractivity contribution in [1.29, 1.82) is 5.26 Å². The number of nitrogens with zero attached hydrogens (tertiary/aromatic N) is 6. The van der Waals surface area contributed by atoms with Crippen molar-refractivity contribution in [3.63, 3.8) is 0 Å². The molecule has 0 saturated heterocycles. The first-order valence-corrected chi connectivity index (χ1v) is 12.3. The van der Waals surface area contributed by atoms with Gasteiger partial charge >= 0.3 is 0 Å². The number of rotatable bonds is 6. The highest BCUT2D eigenvalue weighted by Gasteiger charge is 2.20. The molecule has 0 amide bonds. The van der Waals surface area contributed by atoms with Crippen molar-refractivity contribution in [2.24, 2.45) is 0 Å². The molecule has 0 aliphatic rings. The Labute approximate surface area is 228 Å². The normalized spacial score (nSPS) is 10.4. The number of nitriles is 1. The number of hydrogen-bond acceptors (Lipinski definition) is 7. The molecule has 11 heteroatoms. The third-order valence-electron chi connectivity index (χ3n) is 5.31. The lowest BCUT2D eigenvalue weighted by atomic mass is 10.1. The molecule has 0 N–H and O–H groups in total. The van der Waals surface area contributed by atoms with E-state index < -0.39 is 5.82 Å². The zero-order valence-electron chi connectivity index (χ0n) is 20.6. The van der Waals surface area contributed by atoms with Crippen LogP contribution < -0.4 is 4.74 Å². The fraction of sp³-hybridized carbons (Fsp3) is 0.148. The van der Waals surface area contributed by atoms with Gasteiger partial charge in [-0.25, -0.2) is 9.07 Å². The Morgan fingerprint density at radius 2 is 1.84 bits per heavy atom. The second kappa shape index (κ2) is 11.9. The summed E-state index contributed by atoms with van der Waals surface area (Å²) in [6.07, 6.45) is 4.98. The first-order valence-electron chi connectivity index (χ1n) is 11.6. The van der Waals surface area contributed by atoms with Crippen LogP contribution in [0.3, 0.4) is 0 Å². The van der Waals surface area contributed by atoms with Crippen LogP contribution in [0.4, 0.5) is 4.39 Å². The molecular formula is C27H21Cl2FN6O2. The molecule has 0 spiro atoms. The predicted molar refractivity (Wildman–Crippen MR) is 141 cm³/mol. The summed E-state index contributed by atoms with van der Waals surface area (Å²) in [7, 11) is 0. The zero-order chi connectivity index (χ0) is 27.2. The van der Waals surface area contributed by atoms with Gasteiger partial charge in [-0.3, -0.25) is 4.98 Å². The molecule has 0 bridgehead atoms. The van der Waals surface area contributed by atoms with E-state index in [-0.39, 0.29) is 50.9 Å². The molecule has 0 radical (unpaired) electrons. The molecule has 0 atom stereocenters. The Bertz CT molecular complexity index is 1610. The number of ether oxygens (including phenoxy) is 1. The van der Waals surface area contributed by atoms with Gasteiger partial charge in [-0.05, 0) is 43.3 Å². The van der Waals surface area contributed by atoms with E-state index in [1.807, 2.05) is 39.0 Å². The average Bonchev–Trinajstić information content (AvgIpc) is 3.55. The number of benzene rings is 2. The minimum absolute atomic E-state index is 0.00287. The van der Waals surface area contributed by atoms with E-state index >= 15 is 4.39 Å². The van der Waals surface area contributed by atoms with Crippen molar-refractivity contribution in [2.45, 2.75) is 27.2 Å². The highest BCUT2D eigenvalue weighted by atomic mass is 35.5. The average molecular weight is 551 g/mol. The smallest absolute Gasteiger partial charge is 0.251 e. The zero-order valence-corrected chi connectivity index (χ0v) is 22.1. The van der Waals surface area contributed by atoms with E-state index in [0.717, 1.165) is 11.4 Å². The van der Waals surface area contributed by atoms with Gasteiger partial charge in [0.05, 0.1) is 46.2 Å². The first kappa shape index (κ1) is 26.8. The van der Waals surface area contributed by atoms with Crippen molar-refractivity contribution in [3.8, 4) is 34.7 Å². The fourth-order valence-electron chi connectivity index (χ4n) is 3.57. The number of hydrogen-bond donors (Lipinski definition) is 0. The highest BCUT2D eigenvalue weighted by molar-refractivity contribution is 6.32. The van der Waals surface area contributed by atoms with Crippen LogP contribution in [0.5, 0.6) is 11.5 Å². The van der Waals surface area contributed by atoms with Gasteiger partial charge in [0.1, 0.15) is 5.75 Å². The maximum absolute atomic E-state index is 15.4. The SMILES string of the molecule is CC.Cc1c(-c2nnc(Cc3ccc(Cl)c(Oc4cc(Cl)cc(C#N)c4)c3F)o2)cnn1-c1ccncc1. The molecule has 3 heterocycles. The molecule has 0 aliphatic carbocycles. The van der Waals surface area contributed by atoms with Crippen LogP contribution in [0.25, 0.3) is 17.1 Å². The van der Waals surface area contributed by atoms with Crippen molar-refractivity contribution >= 4 is 23.2 Å². The molecule has 5 aromatic rings. The second-order valence-corrected chi connectivity index (χ2v) is 8.52. The molecule has 192 valence electrons. The standard InChI is InChI=1S/C25H15Cl2FN6O2.C2H6/c1-14-20(13-31-34(14)18-4-6-30-7-5-18)25-33-32-22(36-25)10-16-2-3-21(27)24(23(16)28)35-19-9-15(12-29)8-17(26)11-19;1-2/h2-9,11,13H,10H2,1H3;1-2H3. The van der Waals surface area contributed by atoms with E-state index in [0.29, 0.717) is 5.56 Å². The van der Waals surface area contributed by atoms with Crippen LogP contribution in [0, 0.1) is 24.1 Å². The summed E-state index contributed by atoms with van der Waals surface area (Å²) in [5.41, 5.74) is 2.79. The quantitative estimate of drug-likeness (QED) is 0.217. The van der Waals surface area contributed by atoms with Crippen LogP contribution >= 0.6 is 23.2 Å². The molecular weight excluding hydrogens is 530 g/mol. The van der Waals surface area contributed by atoms with Gasteiger partial charge in [-0.15, -0.1) is 10.2 Å². The summed E-state index contributed by atoms with van der Waals surface area (Å²) in [4.78, 5) is 4.01. The third-order valence-corrected chi connectivity index (χ3v) is 5.82. The van der Waals surface area contributed by atoms with E-state index in [1.54, 1.807) is 23.3 Å². The number of pyridine rings is 1. The Hall–Kier alpha value is -4.26. The van der Waals surface area contributed by atoms with Gasteiger partial charge in [0.25, 0.3) is 5.89 Å². The van der Waals surface area contributed by atoms with Gasteiger partial charge in [0.15, 0.2) is 11.6 Å². The predicted octanol–water partition coefficient (Wildman–Crippen LogP) is 7.35. The topological polar surface area (TPSA) is 103 Å². The molecule has 0 saturated carbocycles. The lowest BCUT2D eigenvalue weighted by Crippen LogP contribution is -1.98. The Morgan fingerprint density at radius 3 is 2.58 bits per heavy atom. The molecule has 2 aromatic carbocycles. The summed E-state index contributed by atoms with van der Waals surface area (Å²) < 4.78 is 28.6. The molecule has 38 heavy (non-hydrogen) atoms. The summed E-state index contributed by atoms with van der Waals surface area (Å²) in [6, 6.07) is 13.0. The molecule has 0 aliphatic heterocycles. The number of aromatic nitrogens is 5. The fourth-order valence-corrected chi connectivity index (χ4v) is 3.98. The van der Waals surface area contributed by atoms with Gasteiger partial charge in [-0.1, -0.05) is 43.1 Å². The lowest BCUT2D eigenvalue weighted by molar-refractivity contribution is 0.437. The van der Waals surface area contributed by atoms with Gasteiger partial charge in [-0.2, -0.15) is 10.4 Å². The van der Waals surface area contributed by atoms with Crippen LogP contribution in [0.15, 0.2) is 65.5 Å². The van der Waals surface area contributed by atoms with Crippen molar-refractivity contribution in [2.75, 3.05) is 0 Å². The third kappa shape index (κ3) is 5.67. The van der Waals surface area contributed by atoms with Gasteiger partial charge in [0.2, 0.25) is 5.89 Å². The second-order valence-electron chi connectivity index (χ2n) is 7.68. The van der Waals surface area contributed by atoms with E-state index in [9.17, 15) is 0 Å². The van der Waals surface area contributed by atoms with Gasteiger partial charge in [0, 0.05) is 23.0 Å². The minimum atomic E-state index is -0.692. The maximum atomic E-state index is 15.4. The largest absolute Gasteiger partial charge is 0.453 e. The molecule has 3 aromatic heterocycles. The van der Waals surface area contributed by atoms with E-state index in [4.69, 9.17) is 37.6 Å². The first-order chi connectivity index (χ1) is 18.4. The summed E-state index contributed by atoms with van der Waals surface area (Å²) >= 11 is 12.2. The van der Waals surface area contributed by atoms with Crippen molar-refractivity contribution < 1.29 is 13.5 Å². The molecule has 0 unspecified atom stereocenters. The van der Waals surface area contributed by atoms with Crippen molar-refractivity contribution in [3.05, 3.63) is 99.6 Å². The Balaban J connectivity index is 0.00000164. The van der Waals surface area contributed by atoms with Crippen LogP contribution in [0.1, 0.15) is 36.6 Å². The van der Waals surface area contributed by atoms with Crippen LogP contribution in [-0.2, 0) is 6.42 Å². The van der Waals surface area contributed by atoms with Crippen LogP contribution in [0.2, 0.25) is 10.0 Å². The monoisotopic (exact) mass is 550 g/mol. The van der Waals surface area contributed by atoms with Crippen molar-refractivity contribution in [1.82, 2.24) is 25.0 Å². The van der Waals surface area contributed by atoms with Gasteiger partial charge < -0.3 is 9.15 Å². The van der Waals surface area contributed by atoms with E-state index in [1.165, 1.54) is 30.3 Å². The minimum Gasteiger partial charge on any atom is -0.453 e. The summed E-state index contributed by atoms with van der Waals surface area (Å²) in [5.74, 6) is -0.255. The number of halogens is 3. The summed E-state index contributed by atoms with van der Waals surface area (Å²) in [6.45, 7) is 5.88. The molecule has 0 fully saturated rings. The Kier molecular flexibility index (Phi) is 8.36. The maximum Gasteiger partial charge on any atom is 0.251 e. The molecule has 8 nitrogen and oxygen atoms in total. The highest BCUT2D eigenvalue weighted by Crippen LogP contribution is 2.36. The van der Waals surface area contributed by atoms with Crippen LogP contribution in [-0.4, -0.2) is 25.0 Å². The Morgan fingerprint density at radius 1 is 1.08 bits per heavy atom.